The van der Waals surface area contributed by atoms with E-state index in [1.54, 1.807) is 43.5 Å². The molecule has 156 valence electrons. The number of halogens is 3. The first-order chi connectivity index (χ1) is 14.9. The molecule has 0 saturated heterocycles. The van der Waals surface area contributed by atoms with Crippen molar-refractivity contribution >= 4 is 60.6 Å². The number of rotatable bonds is 5. The van der Waals surface area contributed by atoms with Gasteiger partial charge in [0, 0.05) is 27.4 Å². The number of carbonyl (C=O) groups is 1. The summed E-state index contributed by atoms with van der Waals surface area (Å²) in [4.78, 5) is 16.8. The predicted octanol–water partition coefficient (Wildman–Crippen LogP) is 6.82. The molecule has 4 aromatic rings. The predicted molar refractivity (Wildman–Crippen MR) is 125 cm³/mol. The van der Waals surface area contributed by atoms with Gasteiger partial charge in [-0.2, -0.15) is 0 Å². The molecule has 0 spiro atoms. The number of fused-ring (bicyclic) bond motifs is 1. The van der Waals surface area contributed by atoms with Crippen molar-refractivity contribution in [2.24, 2.45) is 0 Å². The van der Waals surface area contributed by atoms with Gasteiger partial charge in [0.2, 0.25) is 11.8 Å². The molecule has 0 bridgehead atoms. The highest BCUT2D eigenvalue weighted by molar-refractivity contribution is 9.11. The van der Waals surface area contributed by atoms with Gasteiger partial charge in [0.15, 0.2) is 5.58 Å². The summed E-state index contributed by atoms with van der Waals surface area (Å²) in [7, 11) is 1.57. The molecule has 0 aliphatic rings. The zero-order valence-electron chi connectivity index (χ0n) is 16.2. The Morgan fingerprint density at radius 2 is 2.00 bits per heavy atom. The van der Waals surface area contributed by atoms with Crippen LogP contribution in [-0.2, 0) is 4.79 Å². The Balaban J connectivity index is 1.53. The van der Waals surface area contributed by atoms with Crippen LogP contribution < -0.4 is 10.1 Å². The SMILES string of the molecule is COc1c(Br)cc(Br)cc1/C=C/C(=O)Nc1ccc2oc(-c3cccc(F)c3)nc2c1. The summed E-state index contributed by atoms with van der Waals surface area (Å²) < 4.78 is 26.2. The maximum atomic E-state index is 13.5. The Hall–Kier alpha value is -2.97. The van der Waals surface area contributed by atoms with Gasteiger partial charge in [0.1, 0.15) is 17.1 Å². The third-order valence-corrected chi connectivity index (χ3v) is 5.43. The van der Waals surface area contributed by atoms with Gasteiger partial charge in [-0.15, -0.1) is 0 Å². The number of hydrogen-bond acceptors (Lipinski definition) is 4. The Kier molecular flexibility index (Phi) is 6.20. The lowest BCUT2D eigenvalue weighted by Gasteiger charge is -2.08. The van der Waals surface area contributed by atoms with E-state index in [0.29, 0.717) is 34.0 Å². The molecule has 0 aliphatic carbocycles. The van der Waals surface area contributed by atoms with E-state index >= 15 is 0 Å². The summed E-state index contributed by atoms with van der Waals surface area (Å²) in [6, 6.07) is 14.9. The molecule has 31 heavy (non-hydrogen) atoms. The van der Waals surface area contributed by atoms with Gasteiger partial charge in [-0.1, -0.05) is 22.0 Å². The number of benzene rings is 3. The van der Waals surface area contributed by atoms with E-state index in [0.717, 1.165) is 14.5 Å². The maximum absolute atomic E-state index is 13.5. The maximum Gasteiger partial charge on any atom is 0.248 e. The summed E-state index contributed by atoms with van der Waals surface area (Å²) in [5, 5.41) is 2.80. The van der Waals surface area contributed by atoms with Crippen LogP contribution in [0.5, 0.6) is 5.75 Å². The minimum Gasteiger partial charge on any atom is -0.495 e. The van der Waals surface area contributed by atoms with Crippen molar-refractivity contribution in [3.05, 3.63) is 81.0 Å². The highest BCUT2D eigenvalue weighted by atomic mass is 79.9. The van der Waals surface area contributed by atoms with Crippen LogP contribution in [0.1, 0.15) is 5.56 Å². The number of ether oxygens (including phenoxy) is 1. The van der Waals surface area contributed by atoms with Crippen molar-refractivity contribution in [2.45, 2.75) is 0 Å². The third-order valence-electron chi connectivity index (χ3n) is 4.38. The Morgan fingerprint density at radius 1 is 1.16 bits per heavy atom. The molecule has 4 rings (SSSR count). The molecular formula is C23H15Br2FN2O3. The van der Waals surface area contributed by atoms with Gasteiger partial charge < -0.3 is 14.5 Å². The van der Waals surface area contributed by atoms with Crippen LogP contribution >= 0.6 is 31.9 Å². The van der Waals surface area contributed by atoms with E-state index in [-0.39, 0.29) is 11.7 Å². The van der Waals surface area contributed by atoms with Crippen molar-refractivity contribution in [1.29, 1.82) is 0 Å². The Labute approximate surface area is 194 Å². The van der Waals surface area contributed by atoms with Crippen molar-refractivity contribution in [2.75, 3.05) is 12.4 Å². The summed E-state index contributed by atoms with van der Waals surface area (Å²) >= 11 is 6.86. The number of oxazole rings is 1. The first-order valence-electron chi connectivity index (χ1n) is 9.11. The number of carbonyl (C=O) groups excluding carboxylic acids is 1. The summed E-state index contributed by atoms with van der Waals surface area (Å²) in [5.74, 6) is 0.256. The van der Waals surface area contributed by atoms with Gasteiger partial charge in [-0.05, 0) is 70.5 Å². The molecule has 0 unspecified atom stereocenters. The largest absolute Gasteiger partial charge is 0.495 e. The number of nitrogens with one attached hydrogen (secondary N) is 1. The van der Waals surface area contributed by atoms with Crippen molar-refractivity contribution in [1.82, 2.24) is 4.98 Å². The van der Waals surface area contributed by atoms with Crippen molar-refractivity contribution in [3.63, 3.8) is 0 Å². The minimum atomic E-state index is -0.367. The smallest absolute Gasteiger partial charge is 0.248 e. The number of methoxy groups -OCH3 is 1. The normalized spacial score (nSPS) is 11.2. The Morgan fingerprint density at radius 3 is 2.77 bits per heavy atom. The van der Waals surface area contributed by atoms with Gasteiger partial charge in [0.25, 0.3) is 0 Å². The minimum absolute atomic E-state index is 0.310. The molecule has 3 aromatic carbocycles. The highest BCUT2D eigenvalue weighted by Gasteiger charge is 2.11. The molecule has 0 saturated carbocycles. The first kappa shape index (κ1) is 21.3. The molecule has 1 N–H and O–H groups in total. The molecule has 1 aromatic heterocycles. The van der Waals surface area contributed by atoms with Gasteiger partial charge in [-0.3, -0.25) is 4.79 Å². The van der Waals surface area contributed by atoms with Gasteiger partial charge in [0.05, 0.1) is 11.6 Å². The average Bonchev–Trinajstić information content (AvgIpc) is 3.15. The van der Waals surface area contributed by atoms with Gasteiger partial charge in [-0.25, -0.2) is 9.37 Å². The van der Waals surface area contributed by atoms with Crippen LogP contribution in [-0.4, -0.2) is 18.0 Å². The molecular weight excluding hydrogens is 531 g/mol. The summed E-state index contributed by atoms with van der Waals surface area (Å²) in [6.45, 7) is 0. The number of hydrogen-bond donors (Lipinski definition) is 1. The van der Waals surface area contributed by atoms with Crippen molar-refractivity contribution < 1.29 is 18.3 Å². The fourth-order valence-corrected chi connectivity index (χ4v) is 4.44. The molecule has 1 amide bonds. The van der Waals surface area contributed by atoms with Crippen LogP contribution in [0.15, 0.2) is 74.0 Å². The number of anilines is 1. The molecule has 1 heterocycles. The molecule has 0 aliphatic heterocycles. The second-order valence-corrected chi connectivity index (χ2v) is 8.31. The number of amides is 1. The van der Waals surface area contributed by atoms with E-state index in [1.165, 1.54) is 18.2 Å². The van der Waals surface area contributed by atoms with Crippen LogP contribution in [0.3, 0.4) is 0 Å². The quantitative estimate of drug-likeness (QED) is 0.279. The topological polar surface area (TPSA) is 64.4 Å². The second-order valence-electron chi connectivity index (χ2n) is 6.54. The monoisotopic (exact) mass is 544 g/mol. The fraction of sp³-hybridized carbons (Fsp3) is 0.0435. The third kappa shape index (κ3) is 4.86. The number of aromatic nitrogens is 1. The first-order valence-corrected chi connectivity index (χ1v) is 10.7. The summed E-state index contributed by atoms with van der Waals surface area (Å²) in [6.07, 6.45) is 3.09. The highest BCUT2D eigenvalue weighted by Crippen LogP contribution is 2.33. The molecule has 0 atom stereocenters. The van der Waals surface area contributed by atoms with Crippen LogP contribution in [0.2, 0.25) is 0 Å². The molecule has 8 heteroatoms. The van der Waals surface area contributed by atoms with Crippen LogP contribution in [0.25, 0.3) is 28.6 Å². The second kappa shape index (κ2) is 9.03. The van der Waals surface area contributed by atoms with E-state index in [9.17, 15) is 9.18 Å². The lowest BCUT2D eigenvalue weighted by atomic mass is 10.2. The summed E-state index contributed by atoms with van der Waals surface area (Å²) in [5.41, 5.74) is 2.93. The number of nitrogens with zero attached hydrogens (tertiary/aromatic N) is 1. The average molecular weight is 546 g/mol. The van der Waals surface area contributed by atoms with E-state index in [2.05, 4.69) is 42.2 Å². The van der Waals surface area contributed by atoms with Gasteiger partial charge >= 0.3 is 0 Å². The van der Waals surface area contributed by atoms with Crippen LogP contribution in [0.4, 0.5) is 10.1 Å². The van der Waals surface area contributed by atoms with E-state index < -0.39 is 0 Å². The zero-order chi connectivity index (χ0) is 22.0. The van der Waals surface area contributed by atoms with E-state index in [4.69, 9.17) is 9.15 Å². The zero-order valence-corrected chi connectivity index (χ0v) is 19.3. The molecule has 5 nitrogen and oxygen atoms in total. The molecule has 0 fully saturated rings. The fourth-order valence-electron chi connectivity index (χ4n) is 3.02. The standard InChI is InChI=1S/C23H15Br2FN2O3/c1-30-22-13(9-15(24)11-18(22)25)5-8-21(29)27-17-6-7-20-19(12-17)28-23(31-20)14-3-2-4-16(26)10-14/h2-12H,1H3,(H,27,29)/b8-5+. The lowest BCUT2D eigenvalue weighted by Crippen LogP contribution is -2.07. The molecule has 0 radical (unpaired) electrons. The van der Waals surface area contributed by atoms with Crippen molar-refractivity contribution in [3.8, 4) is 17.2 Å². The van der Waals surface area contributed by atoms with Crippen LogP contribution in [0, 0.1) is 5.82 Å². The lowest BCUT2D eigenvalue weighted by molar-refractivity contribution is -0.111. The Bertz CT molecular complexity index is 1320. The van der Waals surface area contributed by atoms with E-state index in [1.807, 2.05) is 12.1 Å².